The molecule has 0 N–H and O–H groups in total. The van der Waals surface area contributed by atoms with Crippen LogP contribution in [0, 0.1) is 0 Å². The quantitative estimate of drug-likeness (QED) is 0.730. The number of hydrogen-bond donors (Lipinski definition) is 0. The molecule has 0 radical (unpaired) electrons. The average Bonchev–Trinajstić information content (AvgIpc) is 2.74. The van der Waals surface area contributed by atoms with E-state index >= 15 is 0 Å². The minimum atomic E-state index is -0.383. The first-order valence-corrected chi connectivity index (χ1v) is 5.41. The van der Waals surface area contributed by atoms with Crippen LogP contribution in [0.5, 0.6) is 0 Å². The summed E-state index contributed by atoms with van der Waals surface area (Å²) in [5, 5.41) is 0. The van der Waals surface area contributed by atoms with Gasteiger partial charge in [-0.05, 0) is 5.56 Å². The van der Waals surface area contributed by atoms with Crippen molar-refractivity contribution in [3.05, 3.63) is 48.0 Å². The topological polar surface area (TPSA) is 46.6 Å². The van der Waals surface area contributed by atoms with E-state index in [1.54, 1.807) is 6.08 Å². The lowest BCUT2D eigenvalue weighted by atomic mass is 10.2. The minimum absolute atomic E-state index is 0.0126. The molecule has 1 aromatic rings. The highest BCUT2D eigenvalue weighted by atomic mass is 16.5. The van der Waals surface area contributed by atoms with Crippen molar-refractivity contribution >= 4 is 11.9 Å². The molecule has 4 nitrogen and oxygen atoms in total. The van der Waals surface area contributed by atoms with E-state index in [0.29, 0.717) is 6.54 Å². The van der Waals surface area contributed by atoms with Crippen LogP contribution in [0.25, 0.3) is 0 Å². The Hall–Kier alpha value is -2.10. The summed E-state index contributed by atoms with van der Waals surface area (Å²) >= 11 is 0. The van der Waals surface area contributed by atoms with E-state index in [9.17, 15) is 9.59 Å². The number of carbonyl (C=O) groups excluding carboxylic acids is 2. The Bertz CT molecular complexity index is 439. The van der Waals surface area contributed by atoms with E-state index in [-0.39, 0.29) is 25.0 Å². The first kappa shape index (κ1) is 11.4. The number of rotatable bonds is 4. The number of ether oxygens (including phenoxy) is 1. The summed E-state index contributed by atoms with van der Waals surface area (Å²) < 4.78 is 5.08. The van der Waals surface area contributed by atoms with Crippen molar-refractivity contribution in [2.24, 2.45) is 0 Å². The third-order valence-corrected chi connectivity index (χ3v) is 2.46. The van der Waals surface area contributed by atoms with Crippen LogP contribution in [0.1, 0.15) is 5.56 Å². The molecule has 1 aliphatic rings. The van der Waals surface area contributed by atoms with E-state index < -0.39 is 0 Å². The molecule has 0 unspecified atom stereocenters. The highest BCUT2D eigenvalue weighted by Crippen LogP contribution is 2.04. The van der Waals surface area contributed by atoms with Crippen molar-refractivity contribution in [3.63, 3.8) is 0 Å². The largest absolute Gasteiger partial charge is 0.459 e. The van der Waals surface area contributed by atoms with Crippen LogP contribution >= 0.6 is 0 Å². The molecule has 2 rings (SSSR count). The highest BCUT2D eigenvalue weighted by Gasteiger charge is 2.18. The lowest BCUT2D eigenvalue weighted by Crippen LogP contribution is -2.32. The molecule has 0 aromatic heterocycles. The van der Waals surface area contributed by atoms with Crippen LogP contribution in [0.4, 0.5) is 0 Å². The van der Waals surface area contributed by atoms with E-state index in [4.69, 9.17) is 4.74 Å². The van der Waals surface area contributed by atoms with E-state index in [2.05, 4.69) is 0 Å². The van der Waals surface area contributed by atoms with Crippen molar-refractivity contribution < 1.29 is 14.3 Å². The third kappa shape index (κ3) is 3.17. The molecule has 0 fully saturated rings. The van der Waals surface area contributed by atoms with Gasteiger partial charge in [0.15, 0.2) is 0 Å². The lowest BCUT2D eigenvalue weighted by molar-refractivity contribution is -0.148. The number of hydrogen-bond acceptors (Lipinski definition) is 3. The summed E-state index contributed by atoms with van der Waals surface area (Å²) in [6, 6.07) is 9.44. The Labute approximate surface area is 99.5 Å². The van der Waals surface area contributed by atoms with Crippen molar-refractivity contribution in [3.8, 4) is 0 Å². The second kappa shape index (κ2) is 5.30. The van der Waals surface area contributed by atoms with Crippen molar-refractivity contribution in [1.82, 2.24) is 4.90 Å². The van der Waals surface area contributed by atoms with Crippen molar-refractivity contribution in [2.75, 3.05) is 13.1 Å². The molecule has 0 aliphatic carbocycles. The van der Waals surface area contributed by atoms with Crippen molar-refractivity contribution in [1.29, 1.82) is 0 Å². The van der Waals surface area contributed by atoms with Gasteiger partial charge in [-0.15, -0.1) is 0 Å². The van der Waals surface area contributed by atoms with Gasteiger partial charge in [-0.1, -0.05) is 36.4 Å². The van der Waals surface area contributed by atoms with Gasteiger partial charge in [0.05, 0.1) is 0 Å². The van der Waals surface area contributed by atoms with Gasteiger partial charge >= 0.3 is 5.97 Å². The maximum atomic E-state index is 11.5. The molecule has 4 heteroatoms. The number of esters is 1. The zero-order valence-electron chi connectivity index (χ0n) is 9.33. The second-order valence-corrected chi connectivity index (χ2v) is 3.77. The van der Waals surface area contributed by atoms with Crippen LogP contribution in [-0.4, -0.2) is 29.9 Å². The maximum Gasteiger partial charge on any atom is 0.325 e. The summed E-state index contributed by atoms with van der Waals surface area (Å²) in [5.41, 5.74) is 0.937. The highest BCUT2D eigenvalue weighted by molar-refractivity contribution is 5.92. The van der Waals surface area contributed by atoms with E-state index in [1.807, 2.05) is 30.3 Å². The molecular weight excluding hydrogens is 218 g/mol. The fourth-order valence-electron chi connectivity index (χ4n) is 1.56. The maximum absolute atomic E-state index is 11.5. The molecule has 0 bridgehead atoms. The SMILES string of the molecule is O=C(CN1CC=CC1=O)OCc1ccccc1. The average molecular weight is 231 g/mol. The van der Waals surface area contributed by atoms with Crippen molar-refractivity contribution in [2.45, 2.75) is 6.61 Å². The molecule has 17 heavy (non-hydrogen) atoms. The molecule has 1 heterocycles. The van der Waals surface area contributed by atoms with E-state index in [0.717, 1.165) is 5.56 Å². The molecule has 0 spiro atoms. The standard InChI is InChI=1S/C13H13NO3/c15-12-7-4-8-14(12)9-13(16)17-10-11-5-2-1-3-6-11/h1-7H,8-10H2. The van der Waals surface area contributed by atoms with Gasteiger partial charge in [0.25, 0.3) is 0 Å². The first-order chi connectivity index (χ1) is 8.25. The summed E-state index contributed by atoms with van der Waals surface area (Å²) in [4.78, 5) is 24.1. The lowest BCUT2D eigenvalue weighted by Gasteiger charge is -2.14. The number of carbonyl (C=O) groups is 2. The predicted molar refractivity (Wildman–Crippen MR) is 62.0 cm³/mol. The Morgan fingerprint density at radius 3 is 2.71 bits per heavy atom. The molecule has 88 valence electrons. The zero-order valence-corrected chi connectivity index (χ0v) is 9.33. The van der Waals surface area contributed by atoms with Crippen LogP contribution < -0.4 is 0 Å². The van der Waals surface area contributed by atoms with Gasteiger partial charge in [-0.25, -0.2) is 0 Å². The van der Waals surface area contributed by atoms with Gasteiger partial charge < -0.3 is 9.64 Å². The van der Waals surface area contributed by atoms with Crippen LogP contribution in [-0.2, 0) is 20.9 Å². The predicted octanol–water partition coefficient (Wildman–Crippen LogP) is 1.13. The first-order valence-electron chi connectivity index (χ1n) is 5.41. The summed E-state index contributed by atoms with van der Waals surface area (Å²) in [7, 11) is 0. The second-order valence-electron chi connectivity index (χ2n) is 3.77. The smallest absolute Gasteiger partial charge is 0.325 e. The Kier molecular flexibility index (Phi) is 3.55. The molecule has 1 aromatic carbocycles. The number of benzene rings is 1. The Balaban J connectivity index is 1.77. The van der Waals surface area contributed by atoms with Gasteiger partial charge in [-0.2, -0.15) is 0 Å². The minimum Gasteiger partial charge on any atom is -0.459 e. The third-order valence-electron chi connectivity index (χ3n) is 2.46. The summed E-state index contributed by atoms with van der Waals surface area (Å²) in [6.07, 6.45) is 3.19. The van der Waals surface area contributed by atoms with Crippen LogP contribution in [0.3, 0.4) is 0 Å². The van der Waals surface area contributed by atoms with E-state index in [1.165, 1.54) is 11.0 Å². The summed E-state index contributed by atoms with van der Waals surface area (Å²) in [5.74, 6) is -0.521. The van der Waals surface area contributed by atoms with Gasteiger partial charge in [0.2, 0.25) is 5.91 Å². The van der Waals surface area contributed by atoms with Gasteiger partial charge in [0, 0.05) is 12.6 Å². The van der Waals surface area contributed by atoms with Crippen LogP contribution in [0.15, 0.2) is 42.5 Å². The molecule has 0 atom stereocenters. The number of amides is 1. The monoisotopic (exact) mass is 231 g/mol. The Morgan fingerprint density at radius 2 is 2.06 bits per heavy atom. The zero-order chi connectivity index (χ0) is 12.1. The normalized spacial score (nSPS) is 14.1. The molecule has 1 amide bonds. The fraction of sp³-hybridized carbons (Fsp3) is 0.231. The fourth-order valence-corrected chi connectivity index (χ4v) is 1.56. The van der Waals surface area contributed by atoms with Gasteiger partial charge in [0.1, 0.15) is 13.2 Å². The van der Waals surface area contributed by atoms with Crippen LogP contribution in [0.2, 0.25) is 0 Å². The summed E-state index contributed by atoms with van der Waals surface area (Å²) in [6.45, 7) is 0.743. The molecular formula is C13H13NO3. The number of nitrogens with zero attached hydrogens (tertiary/aromatic N) is 1. The molecule has 1 aliphatic heterocycles. The molecule has 0 saturated heterocycles. The Morgan fingerprint density at radius 1 is 1.29 bits per heavy atom. The molecule has 0 saturated carbocycles. The van der Waals surface area contributed by atoms with Gasteiger partial charge in [-0.3, -0.25) is 9.59 Å².